The third kappa shape index (κ3) is 2.82. The first-order valence-electron chi connectivity index (χ1n) is 7.55. The number of hydrogen-bond acceptors (Lipinski definition) is 3. The molecular formula is C18H21NO2. The maximum Gasteiger partial charge on any atom is 0.161 e. The van der Waals surface area contributed by atoms with Crippen LogP contribution in [-0.2, 0) is 6.42 Å². The summed E-state index contributed by atoms with van der Waals surface area (Å²) in [6.07, 6.45) is 1.01. The molecule has 0 spiro atoms. The average molecular weight is 283 g/mol. The van der Waals surface area contributed by atoms with Gasteiger partial charge in [-0.2, -0.15) is 0 Å². The summed E-state index contributed by atoms with van der Waals surface area (Å²) >= 11 is 0. The maximum atomic E-state index is 5.71. The normalized spacial score (nSPS) is 16.2. The number of hydrogen-bond donors (Lipinski definition) is 1. The van der Waals surface area contributed by atoms with E-state index in [-0.39, 0.29) is 0 Å². The molecule has 0 radical (unpaired) electrons. The van der Waals surface area contributed by atoms with Gasteiger partial charge in [0, 0.05) is 5.69 Å². The fraction of sp³-hybridized carbons (Fsp3) is 0.333. The summed E-state index contributed by atoms with van der Waals surface area (Å²) in [7, 11) is 0. The molecule has 0 saturated carbocycles. The Kier molecular flexibility index (Phi) is 4.00. The van der Waals surface area contributed by atoms with Crippen molar-refractivity contribution in [3.63, 3.8) is 0 Å². The minimum Gasteiger partial charge on any atom is -0.490 e. The Balaban J connectivity index is 1.85. The highest BCUT2D eigenvalue weighted by molar-refractivity contribution is 5.59. The summed E-state index contributed by atoms with van der Waals surface area (Å²) in [5, 5.41) is 3.58. The number of anilines is 1. The van der Waals surface area contributed by atoms with E-state index in [1.54, 1.807) is 0 Å². The molecule has 21 heavy (non-hydrogen) atoms. The van der Waals surface area contributed by atoms with E-state index in [9.17, 15) is 0 Å². The zero-order valence-corrected chi connectivity index (χ0v) is 12.6. The molecule has 0 bridgehead atoms. The molecule has 110 valence electrons. The molecule has 3 rings (SSSR count). The van der Waals surface area contributed by atoms with Crippen LogP contribution in [0, 0.1) is 0 Å². The Morgan fingerprint density at radius 2 is 1.76 bits per heavy atom. The Labute approximate surface area is 125 Å². The van der Waals surface area contributed by atoms with Crippen LogP contribution in [-0.4, -0.2) is 13.2 Å². The lowest BCUT2D eigenvalue weighted by atomic mass is 10.0. The van der Waals surface area contributed by atoms with Crippen molar-refractivity contribution in [1.82, 2.24) is 0 Å². The minimum absolute atomic E-state index is 0.303. The van der Waals surface area contributed by atoms with Crippen molar-refractivity contribution in [2.24, 2.45) is 0 Å². The quantitative estimate of drug-likeness (QED) is 0.892. The van der Waals surface area contributed by atoms with Crippen LogP contribution in [0.3, 0.4) is 0 Å². The van der Waals surface area contributed by atoms with Crippen molar-refractivity contribution < 1.29 is 9.47 Å². The molecule has 1 unspecified atom stereocenters. The first kappa shape index (κ1) is 13.8. The second kappa shape index (κ2) is 6.08. The topological polar surface area (TPSA) is 30.5 Å². The van der Waals surface area contributed by atoms with Gasteiger partial charge in [-0.05, 0) is 49.6 Å². The third-order valence-electron chi connectivity index (χ3n) is 3.74. The smallest absolute Gasteiger partial charge is 0.161 e. The average Bonchev–Trinajstić information content (AvgIpc) is 2.93. The van der Waals surface area contributed by atoms with Crippen LogP contribution < -0.4 is 14.8 Å². The summed E-state index contributed by atoms with van der Waals surface area (Å²) in [6.45, 7) is 5.26. The van der Waals surface area contributed by atoms with Crippen molar-refractivity contribution in [2.45, 2.75) is 26.3 Å². The van der Waals surface area contributed by atoms with Crippen LogP contribution in [0.2, 0.25) is 0 Å². The zero-order chi connectivity index (χ0) is 14.7. The summed E-state index contributed by atoms with van der Waals surface area (Å²) in [5.74, 6) is 1.65. The molecule has 0 aliphatic carbocycles. The Morgan fingerprint density at radius 1 is 1.00 bits per heavy atom. The largest absolute Gasteiger partial charge is 0.490 e. The van der Waals surface area contributed by atoms with Crippen LogP contribution in [0.15, 0.2) is 42.5 Å². The number of para-hydroxylation sites is 1. The van der Waals surface area contributed by atoms with E-state index in [0.29, 0.717) is 19.3 Å². The van der Waals surface area contributed by atoms with Crippen molar-refractivity contribution in [2.75, 3.05) is 18.5 Å². The molecule has 0 amide bonds. The van der Waals surface area contributed by atoms with E-state index in [1.807, 2.05) is 19.9 Å². The fourth-order valence-electron chi connectivity index (χ4n) is 2.78. The molecule has 1 N–H and O–H groups in total. The second-order valence-corrected chi connectivity index (χ2v) is 5.13. The fourth-order valence-corrected chi connectivity index (χ4v) is 2.78. The summed E-state index contributed by atoms with van der Waals surface area (Å²) < 4.78 is 11.3. The lowest BCUT2D eigenvalue weighted by Gasteiger charge is -2.16. The van der Waals surface area contributed by atoms with Crippen molar-refractivity contribution in [3.8, 4) is 11.5 Å². The molecule has 2 aromatic carbocycles. The van der Waals surface area contributed by atoms with Crippen LogP contribution in [0.1, 0.15) is 31.0 Å². The molecular weight excluding hydrogens is 262 g/mol. The van der Waals surface area contributed by atoms with Crippen LogP contribution in [0.4, 0.5) is 5.69 Å². The standard InChI is InChI=1S/C18H21NO2/c1-3-20-17-10-9-14(12-18(17)21-4-2)16-11-13-7-5-6-8-15(13)19-16/h5-10,12,16,19H,3-4,11H2,1-2H3. The van der Waals surface area contributed by atoms with E-state index in [1.165, 1.54) is 16.8 Å². The Bertz CT molecular complexity index is 599. The van der Waals surface area contributed by atoms with Gasteiger partial charge in [0.2, 0.25) is 0 Å². The number of fused-ring (bicyclic) bond motifs is 1. The van der Waals surface area contributed by atoms with Crippen molar-refractivity contribution in [3.05, 3.63) is 53.6 Å². The number of ether oxygens (including phenoxy) is 2. The second-order valence-electron chi connectivity index (χ2n) is 5.13. The van der Waals surface area contributed by atoms with E-state index in [2.05, 4.69) is 41.7 Å². The predicted octanol–water partition coefficient (Wildman–Crippen LogP) is 4.19. The molecule has 1 aliphatic heterocycles. The van der Waals surface area contributed by atoms with Crippen LogP contribution in [0.25, 0.3) is 0 Å². The van der Waals surface area contributed by atoms with Crippen molar-refractivity contribution >= 4 is 5.69 Å². The van der Waals surface area contributed by atoms with E-state index in [4.69, 9.17) is 9.47 Å². The highest BCUT2D eigenvalue weighted by Gasteiger charge is 2.22. The van der Waals surface area contributed by atoms with Gasteiger partial charge in [-0.3, -0.25) is 0 Å². The molecule has 3 heteroatoms. The van der Waals surface area contributed by atoms with Crippen LogP contribution >= 0.6 is 0 Å². The van der Waals surface area contributed by atoms with Gasteiger partial charge in [0.15, 0.2) is 11.5 Å². The zero-order valence-electron chi connectivity index (χ0n) is 12.6. The van der Waals surface area contributed by atoms with Crippen LogP contribution in [0.5, 0.6) is 11.5 Å². The highest BCUT2D eigenvalue weighted by Crippen LogP contribution is 2.37. The molecule has 0 fully saturated rings. The number of benzene rings is 2. The number of rotatable bonds is 5. The molecule has 1 aliphatic rings. The minimum atomic E-state index is 0.303. The SMILES string of the molecule is CCOc1ccc(C2Cc3ccccc3N2)cc1OCC. The molecule has 1 heterocycles. The third-order valence-corrected chi connectivity index (χ3v) is 3.74. The van der Waals surface area contributed by atoms with Gasteiger partial charge in [-0.15, -0.1) is 0 Å². The van der Waals surface area contributed by atoms with Gasteiger partial charge >= 0.3 is 0 Å². The molecule has 0 aromatic heterocycles. The summed E-state index contributed by atoms with van der Waals surface area (Å²) in [5.41, 5.74) is 3.83. The monoisotopic (exact) mass is 283 g/mol. The van der Waals surface area contributed by atoms with Gasteiger partial charge in [-0.1, -0.05) is 24.3 Å². The highest BCUT2D eigenvalue weighted by atomic mass is 16.5. The summed E-state index contributed by atoms with van der Waals surface area (Å²) in [4.78, 5) is 0. The summed E-state index contributed by atoms with van der Waals surface area (Å²) in [6, 6.07) is 15.0. The molecule has 0 saturated heterocycles. The van der Waals surface area contributed by atoms with Gasteiger partial charge in [0.25, 0.3) is 0 Å². The predicted molar refractivity (Wildman–Crippen MR) is 85.3 cm³/mol. The van der Waals surface area contributed by atoms with E-state index < -0.39 is 0 Å². The van der Waals surface area contributed by atoms with Gasteiger partial charge in [0.1, 0.15) is 0 Å². The first-order chi connectivity index (χ1) is 10.3. The van der Waals surface area contributed by atoms with Crippen molar-refractivity contribution in [1.29, 1.82) is 0 Å². The van der Waals surface area contributed by atoms with Gasteiger partial charge in [-0.25, -0.2) is 0 Å². The molecule has 1 atom stereocenters. The van der Waals surface area contributed by atoms with Gasteiger partial charge < -0.3 is 14.8 Å². The van der Waals surface area contributed by atoms with E-state index in [0.717, 1.165) is 17.9 Å². The maximum absolute atomic E-state index is 5.71. The molecule has 3 nitrogen and oxygen atoms in total. The lowest BCUT2D eigenvalue weighted by molar-refractivity contribution is 0.287. The van der Waals surface area contributed by atoms with E-state index >= 15 is 0 Å². The Hall–Kier alpha value is -2.16. The lowest BCUT2D eigenvalue weighted by Crippen LogP contribution is -2.07. The van der Waals surface area contributed by atoms with Gasteiger partial charge in [0.05, 0.1) is 19.3 Å². The Morgan fingerprint density at radius 3 is 2.52 bits per heavy atom. The molecule has 2 aromatic rings. The first-order valence-corrected chi connectivity index (χ1v) is 7.55. The number of nitrogens with one attached hydrogen (secondary N) is 1.